The number of carbonyl (C=O) groups excluding carboxylic acids is 1. The van der Waals surface area contributed by atoms with E-state index in [1.807, 2.05) is 6.92 Å². The highest BCUT2D eigenvalue weighted by atomic mass is 79.9. The predicted molar refractivity (Wildman–Crippen MR) is 73.1 cm³/mol. The molecule has 5 heteroatoms. The Kier molecular flexibility index (Phi) is 6.12. The van der Waals surface area contributed by atoms with E-state index in [0.717, 1.165) is 6.42 Å². The highest BCUT2D eigenvalue weighted by molar-refractivity contribution is 9.10. The Balaban J connectivity index is 2.86. The van der Waals surface area contributed by atoms with Gasteiger partial charge in [-0.1, -0.05) is 19.4 Å². The summed E-state index contributed by atoms with van der Waals surface area (Å²) in [5.41, 5.74) is 0.295. The molecule has 0 bridgehead atoms. The summed E-state index contributed by atoms with van der Waals surface area (Å²) in [7, 11) is 0. The van der Waals surface area contributed by atoms with E-state index in [1.165, 1.54) is 6.07 Å². The van der Waals surface area contributed by atoms with E-state index < -0.39 is 11.9 Å². The van der Waals surface area contributed by atoms with E-state index >= 15 is 0 Å². The molecule has 0 saturated carbocycles. The second kappa shape index (κ2) is 7.36. The molecular weight excluding hydrogens is 301 g/mol. The zero-order valence-corrected chi connectivity index (χ0v) is 12.1. The quantitative estimate of drug-likeness (QED) is 0.812. The van der Waals surface area contributed by atoms with Crippen LogP contribution in [0.1, 0.15) is 26.7 Å². The van der Waals surface area contributed by atoms with Crippen molar-refractivity contribution >= 4 is 27.6 Å². The lowest BCUT2D eigenvalue weighted by molar-refractivity contribution is -0.144. The van der Waals surface area contributed by atoms with Crippen molar-refractivity contribution in [2.75, 3.05) is 11.9 Å². The smallest absolute Gasteiger partial charge is 0.328 e. The van der Waals surface area contributed by atoms with Crippen LogP contribution in [-0.2, 0) is 9.53 Å². The van der Waals surface area contributed by atoms with E-state index in [2.05, 4.69) is 21.2 Å². The van der Waals surface area contributed by atoms with Crippen LogP contribution in [0.25, 0.3) is 0 Å². The van der Waals surface area contributed by atoms with Crippen molar-refractivity contribution in [2.45, 2.75) is 32.7 Å². The van der Waals surface area contributed by atoms with Gasteiger partial charge >= 0.3 is 5.97 Å². The lowest BCUT2D eigenvalue weighted by Crippen LogP contribution is -2.31. The number of hydrogen-bond donors (Lipinski definition) is 1. The van der Waals surface area contributed by atoms with Crippen molar-refractivity contribution in [1.29, 1.82) is 0 Å². The van der Waals surface area contributed by atoms with Gasteiger partial charge in [-0.2, -0.15) is 0 Å². The van der Waals surface area contributed by atoms with Crippen LogP contribution >= 0.6 is 15.9 Å². The van der Waals surface area contributed by atoms with Gasteiger partial charge in [-0.05, 0) is 41.4 Å². The molecule has 1 aromatic rings. The summed E-state index contributed by atoms with van der Waals surface area (Å²) in [5.74, 6) is -0.746. The number of ether oxygens (including phenoxy) is 1. The second-order valence-electron chi connectivity index (χ2n) is 3.83. The summed E-state index contributed by atoms with van der Waals surface area (Å²) in [6, 6.07) is 4.15. The van der Waals surface area contributed by atoms with Gasteiger partial charge in [-0.15, -0.1) is 0 Å². The van der Waals surface area contributed by atoms with E-state index in [1.54, 1.807) is 19.1 Å². The molecule has 1 aromatic carbocycles. The third-order valence-electron chi connectivity index (χ3n) is 2.43. The fourth-order valence-electron chi connectivity index (χ4n) is 1.59. The predicted octanol–water partition coefficient (Wildman–Crippen LogP) is 3.73. The first-order valence-electron chi connectivity index (χ1n) is 5.97. The SMILES string of the molecule is CCCC(Nc1c(F)cccc1Br)C(=O)OCC. The molecule has 0 aliphatic heterocycles. The van der Waals surface area contributed by atoms with E-state index in [-0.39, 0.29) is 5.97 Å². The largest absolute Gasteiger partial charge is 0.464 e. The van der Waals surface area contributed by atoms with Crippen LogP contribution < -0.4 is 5.32 Å². The number of nitrogens with one attached hydrogen (secondary N) is 1. The first-order valence-corrected chi connectivity index (χ1v) is 6.76. The highest BCUT2D eigenvalue weighted by Crippen LogP contribution is 2.26. The van der Waals surface area contributed by atoms with Crippen molar-refractivity contribution in [1.82, 2.24) is 0 Å². The molecule has 0 aromatic heterocycles. The fourth-order valence-corrected chi connectivity index (χ4v) is 2.05. The maximum absolute atomic E-state index is 13.7. The lowest BCUT2D eigenvalue weighted by Gasteiger charge is -2.19. The van der Waals surface area contributed by atoms with Gasteiger partial charge in [0.25, 0.3) is 0 Å². The number of anilines is 1. The van der Waals surface area contributed by atoms with E-state index in [9.17, 15) is 9.18 Å². The minimum Gasteiger partial charge on any atom is -0.464 e. The third kappa shape index (κ3) is 3.98. The lowest BCUT2D eigenvalue weighted by atomic mass is 10.1. The van der Waals surface area contributed by atoms with E-state index in [0.29, 0.717) is 23.2 Å². The molecule has 1 N–H and O–H groups in total. The highest BCUT2D eigenvalue weighted by Gasteiger charge is 2.20. The second-order valence-corrected chi connectivity index (χ2v) is 4.69. The Morgan fingerprint density at radius 3 is 2.78 bits per heavy atom. The minimum atomic E-state index is -0.525. The van der Waals surface area contributed by atoms with Crippen molar-refractivity contribution in [2.24, 2.45) is 0 Å². The monoisotopic (exact) mass is 317 g/mol. The minimum absolute atomic E-state index is 0.295. The normalized spacial score (nSPS) is 12.0. The molecule has 0 amide bonds. The first-order chi connectivity index (χ1) is 8.60. The fraction of sp³-hybridized carbons (Fsp3) is 0.462. The number of carbonyl (C=O) groups is 1. The number of halogens is 2. The molecule has 0 radical (unpaired) electrons. The van der Waals surface area contributed by atoms with Gasteiger partial charge < -0.3 is 10.1 Å². The molecular formula is C13H17BrFNO2. The number of para-hydroxylation sites is 1. The average molecular weight is 318 g/mol. The topological polar surface area (TPSA) is 38.3 Å². The Bertz CT molecular complexity index is 392. The van der Waals surface area contributed by atoms with Crippen LogP contribution in [0.5, 0.6) is 0 Å². The molecule has 0 saturated heterocycles. The Morgan fingerprint density at radius 1 is 1.50 bits per heavy atom. The number of hydrogen-bond acceptors (Lipinski definition) is 3. The van der Waals surface area contributed by atoms with Crippen LogP contribution in [0.3, 0.4) is 0 Å². The Labute approximate surface area is 115 Å². The van der Waals surface area contributed by atoms with Crippen molar-refractivity contribution in [3.8, 4) is 0 Å². The van der Waals surface area contributed by atoms with Gasteiger partial charge in [0.2, 0.25) is 0 Å². The maximum Gasteiger partial charge on any atom is 0.328 e. The Morgan fingerprint density at radius 2 is 2.22 bits per heavy atom. The van der Waals surface area contributed by atoms with Crippen LogP contribution in [0, 0.1) is 5.82 Å². The summed E-state index contributed by atoms with van der Waals surface area (Å²) in [4.78, 5) is 11.7. The average Bonchev–Trinajstić information content (AvgIpc) is 2.33. The van der Waals surface area contributed by atoms with Gasteiger partial charge in [0.15, 0.2) is 0 Å². The summed E-state index contributed by atoms with van der Waals surface area (Å²) >= 11 is 3.26. The maximum atomic E-state index is 13.7. The van der Waals surface area contributed by atoms with Gasteiger partial charge in [0.05, 0.1) is 12.3 Å². The summed E-state index contributed by atoms with van der Waals surface area (Å²) in [6.45, 7) is 4.03. The molecule has 0 spiro atoms. The first kappa shape index (κ1) is 15.0. The van der Waals surface area contributed by atoms with Gasteiger partial charge in [0.1, 0.15) is 11.9 Å². The molecule has 18 heavy (non-hydrogen) atoms. The molecule has 0 aliphatic rings. The molecule has 3 nitrogen and oxygen atoms in total. The summed E-state index contributed by atoms with van der Waals surface area (Å²) in [5, 5.41) is 2.90. The number of rotatable bonds is 6. The molecule has 0 fully saturated rings. The van der Waals surface area contributed by atoms with Gasteiger partial charge in [-0.3, -0.25) is 0 Å². The van der Waals surface area contributed by atoms with Crippen molar-refractivity contribution < 1.29 is 13.9 Å². The third-order valence-corrected chi connectivity index (χ3v) is 3.09. The van der Waals surface area contributed by atoms with Crippen LogP contribution in [0.15, 0.2) is 22.7 Å². The summed E-state index contributed by atoms with van der Waals surface area (Å²) in [6.07, 6.45) is 1.40. The zero-order chi connectivity index (χ0) is 13.5. The molecule has 100 valence electrons. The molecule has 1 atom stereocenters. The van der Waals surface area contributed by atoms with Crippen LogP contribution in [0.4, 0.5) is 10.1 Å². The van der Waals surface area contributed by atoms with Crippen LogP contribution in [-0.4, -0.2) is 18.6 Å². The molecule has 1 unspecified atom stereocenters. The van der Waals surface area contributed by atoms with Gasteiger partial charge in [-0.25, -0.2) is 9.18 Å². The van der Waals surface area contributed by atoms with Crippen molar-refractivity contribution in [3.05, 3.63) is 28.5 Å². The Hall–Kier alpha value is -1.10. The number of benzene rings is 1. The van der Waals surface area contributed by atoms with Gasteiger partial charge in [0, 0.05) is 4.47 Å². The standard InChI is InChI=1S/C13H17BrFNO2/c1-3-6-11(13(17)18-4-2)16-12-9(14)7-5-8-10(12)15/h5,7-8,11,16H,3-4,6H2,1-2H3. The van der Waals surface area contributed by atoms with Crippen molar-refractivity contribution in [3.63, 3.8) is 0 Å². The molecule has 0 heterocycles. The van der Waals surface area contributed by atoms with Crippen LogP contribution in [0.2, 0.25) is 0 Å². The summed E-state index contributed by atoms with van der Waals surface area (Å²) < 4.78 is 19.2. The number of esters is 1. The molecule has 0 aliphatic carbocycles. The molecule has 1 rings (SSSR count). The zero-order valence-electron chi connectivity index (χ0n) is 10.5. The van der Waals surface area contributed by atoms with E-state index in [4.69, 9.17) is 4.74 Å².